The van der Waals surface area contributed by atoms with Crippen molar-refractivity contribution in [2.45, 2.75) is 31.8 Å². The molecule has 2 aromatic heterocycles. The van der Waals surface area contributed by atoms with E-state index in [1.165, 1.54) is 24.4 Å². The summed E-state index contributed by atoms with van der Waals surface area (Å²) in [6.45, 7) is 1.39. The number of carbonyl (C=O) groups excluding carboxylic acids is 1. The zero-order chi connectivity index (χ0) is 23.3. The molecule has 168 valence electrons. The van der Waals surface area contributed by atoms with Crippen molar-refractivity contribution < 1.29 is 43.4 Å². The van der Waals surface area contributed by atoms with Gasteiger partial charge in [0.05, 0.1) is 11.3 Å². The third-order valence-corrected chi connectivity index (χ3v) is 8.28. The van der Waals surface area contributed by atoms with Crippen LogP contribution in [0, 0.1) is 0 Å². The fourth-order valence-corrected chi connectivity index (χ4v) is 5.76. The van der Waals surface area contributed by atoms with Crippen molar-refractivity contribution in [1.29, 1.82) is 0 Å². The molecule has 2 atom stereocenters. The average molecular weight is 500 g/mol. The quantitative estimate of drug-likeness (QED) is 0.229. The number of nitrogens with two attached hydrogens (primary N) is 2. The average Bonchev–Trinajstić information content (AvgIpc) is 3.23. The SMILES string of the molecule is CC(=O)[C@@H](N)Cc1ccc(P(=O)(O)O)s1.N[C@@H](Cc1cc(P(=O)(O)O)cs1)C(=O)O. The van der Waals surface area contributed by atoms with Gasteiger partial charge in [0.15, 0.2) is 0 Å². The van der Waals surface area contributed by atoms with Gasteiger partial charge in [-0.2, -0.15) is 0 Å². The second-order valence-electron chi connectivity index (χ2n) is 6.17. The summed E-state index contributed by atoms with van der Waals surface area (Å²) in [4.78, 5) is 57.9. The van der Waals surface area contributed by atoms with E-state index in [2.05, 4.69) is 0 Å². The molecule has 0 aromatic carbocycles. The van der Waals surface area contributed by atoms with Crippen LogP contribution in [-0.4, -0.2) is 48.5 Å². The first kappa shape index (κ1) is 26.8. The van der Waals surface area contributed by atoms with E-state index in [0.717, 1.165) is 22.7 Å². The predicted molar refractivity (Wildman–Crippen MR) is 114 cm³/mol. The summed E-state index contributed by atoms with van der Waals surface area (Å²) in [5, 5.41) is 9.75. The van der Waals surface area contributed by atoms with E-state index in [1.54, 1.807) is 6.07 Å². The number of hydrogen-bond acceptors (Lipinski definition) is 8. The molecule has 2 heterocycles. The molecular formula is C15H22N2O9P2S2. The molecule has 0 unspecified atom stereocenters. The molecule has 0 saturated carbocycles. The van der Waals surface area contributed by atoms with Crippen LogP contribution in [0.5, 0.6) is 0 Å². The number of carboxylic acid groups (broad SMARTS) is 1. The Morgan fingerprint density at radius 1 is 1.00 bits per heavy atom. The Hall–Kier alpha value is -1.24. The molecule has 0 fully saturated rings. The third kappa shape index (κ3) is 8.86. The van der Waals surface area contributed by atoms with E-state index in [-0.39, 0.29) is 22.1 Å². The highest BCUT2D eigenvalue weighted by Gasteiger charge is 2.21. The van der Waals surface area contributed by atoms with Crippen molar-refractivity contribution in [2.24, 2.45) is 11.5 Å². The third-order valence-electron chi connectivity index (χ3n) is 3.59. The maximum Gasteiger partial charge on any atom is 0.366 e. The van der Waals surface area contributed by atoms with Crippen molar-refractivity contribution in [3.05, 3.63) is 33.3 Å². The zero-order valence-electron chi connectivity index (χ0n) is 15.6. The van der Waals surface area contributed by atoms with Gasteiger partial charge in [-0.3, -0.25) is 18.7 Å². The molecule has 0 spiro atoms. The molecule has 30 heavy (non-hydrogen) atoms. The van der Waals surface area contributed by atoms with Crippen LogP contribution in [0.2, 0.25) is 0 Å². The summed E-state index contributed by atoms with van der Waals surface area (Å²) in [6, 6.07) is 2.59. The molecule has 0 radical (unpaired) electrons. The molecule has 11 nitrogen and oxygen atoms in total. The Labute approximate surface area is 179 Å². The van der Waals surface area contributed by atoms with E-state index < -0.39 is 33.2 Å². The molecule has 0 aliphatic heterocycles. The minimum atomic E-state index is -4.24. The van der Waals surface area contributed by atoms with Gasteiger partial charge in [-0.05, 0) is 25.1 Å². The summed E-state index contributed by atoms with van der Waals surface area (Å²) in [6.07, 6.45) is 0.389. The summed E-state index contributed by atoms with van der Waals surface area (Å²) in [5.74, 6) is -1.28. The van der Waals surface area contributed by atoms with Gasteiger partial charge in [0, 0.05) is 28.0 Å². The van der Waals surface area contributed by atoms with Crippen LogP contribution >= 0.6 is 37.9 Å². The molecular weight excluding hydrogens is 478 g/mol. The highest BCUT2D eigenvalue weighted by Crippen LogP contribution is 2.36. The largest absolute Gasteiger partial charge is 0.480 e. The molecule has 0 bridgehead atoms. The fraction of sp³-hybridized carbons (Fsp3) is 0.333. The number of thiophene rings is 2. The van der Waals surface area contributed by atoms with Gasteiger partial charge in [-0.25, -0.2) is 0 Å². The number of hydrogen-bond donors (Lipinski definition) is 7. The Kier molecular flexibility index (Phi) is 9.71. The van der Waals surface area contributed by atoms with Crippen LogP contribution in [-0.2, 0) is 31.6 Å². The summed E-state index contributed by atoms with van der Waals surface area (Å²) < 4.78 is 21.7. The summed E-state index contributed by atoms with van der Waals surface area (Å²) in [7, 11) is -8.41. The predicted octanol–water partition coefficient (Wildman–Crippen LogP) is -0.485. The topological polar surface area (TPSA) is 221 Å². The molecule has 15 heteroatoms. The number of carboxylic acids is 1. The Balaban J connectivity index is 0.000000300. The van der Waals surface area contributed by atoms with E-state index >= 15 is 0 Å². The maximum atomic E-state index is 10.9. The first-order chi connectivity index (χ1) is 13.6. The summed E-state index contributed by atoms with van der Waals surface area (Å²) in [5.41, 5.74) is 10.8. The summed E-state index contributed by atoms with van der Waals surface area (Å²) >= 11 is 2.08. The van der Waals surface area contributed by atoms with Gasteiger partial charge < -0.3 is 36.1 Å². The van der Waals surface area contributed by atoms with E-state index in [9.17, 15) is 18.7 Å². The van der Waals surface area contributed by atoms with Crippen LogP contribution in [0.25, 0.3) is 0 Å². The van der Waals surface area contributed by atoms with E-state index in [4.69, 9.17) is 36.1 Å². The van der Waals surface area contributed by atoms with E-state index in [0.29, 0.717) is 16.2 Å². The zero-order valence-corrected chi connectivity index (χ0v) is 19.0. The number of ketones is 1. The van der Waals surface area contributed by atoms with Crippen molar-refractivity contribution >= 4 is 59.5 Å². The Morgan fingerprint density at radius 2 is 1.57 bits per heavy atom. The van der Waals surface area contributed by atoms with Crippen LogP contribution in [0.3, 0.4) is 0 Å². The highest BCUT2D eigenvalue weighted by molar-refractivity contribution is 7.67. The number of aliphatic carboxylic acids is 1. The minimum absolute atomic E-state index is 0.00764. The second kappa shape index (κ2) is 10.9. The second-order valence-corrected chi connectivity index (χ2v) is 11.8. The molecule has 9 N–H and O–H groups in total. The standard InChI is InChI=1S/C8H12NO4PS.C7H10NO5PS/c1-5(10)7(9)4-6-2-3-8(15-6)14(11,12)13;8-6(7(9)10)2-5-1-4(3-15-5)14(11,12)13/h2-3,7H,4,9H2,1H3,(H2,11,12,13);1,3,6H,2,8H2,(H,9,10)(H2,11,12,13)/t7-;6-/m00/s1. The molecule has 0 aliphatic rings. The monoisotopic (exact) mass is 500 g/mol. The lowest BCUT2D eigenvalue weighted by molar-refractivity contribution is -0.138. The first-order valence-corrected chi connectivity index (χ1v) is 13.1. The normalized spacial score (nSPS) is 13.8. The smallest absolute Gasteiger partial charge is 0.366 e. The van der Waals surface area contributed by atoms with Gasteiger partial charge in [-0.15, -0.1) is 22.7 Å². The fourth-order valence-electron chi connectivity index (χ4n) is 1.93. The van der Waals surface area contributed by atoms with Gasteiger partial charge in [-0.1, -0.05) is 0 Å². The van der Waals surface area contributed by atoms with Gasteiger partial charge in [0.2, 0.25) is 0 Å². The van der Waals surface area contributed by atoms with Crippen molar-refractivity contribution in [3.8, 4) is 0 Å². The van der Waals surface area contributed by atoms with Crippen molar-refractivity contribution in [1.82, 2.24) is 0 Å². The molecule has 0 saturated heterocycles. The number of Topliss-reactive ketones (excluding diaryl/α,β-unsaturated/α-hetero) is 1. The molecule has 0 aliphatic carbocycles. The lowest BCUT2D eigenvalue weighted by Crippen LogP contribution is -2.31. The van der Waals surface area contributed by atoms with Gasteiger partial charge >= 0.3 is 21.2 Å². The van der Waals surface area contributed by atoms with Crippen molar-refractivity contribution in [2.75, 3.05) is 0 Å². The van der Waals surface area contributed by atoms with Crippen LogP contribution in [0.15, 0.2) is 23.6 Å². The van der Waals surface area contributed by atoms with Gasteiger partial charge in [0.25, 0.3) is 0 Å². The Morgan fingerprint density at radius 3 is 1.97 bits per heavy atom. The first-order valence-electron chi connectivity index (χ1n) is 8.14. The van der Waals surface area contributed by atoms with Crippen LogP contribution < -0.4 is 21.4 Å². The lowest BCUT2D eigenvalue weighted by atomic mass is 10.1. The van der Waals surface area contributed by atoms with Crippen LogP contribution in [0.4, 0.5) is 0 Å². The maximum absolute atomic E-state index is 10.9. The van der Waals surface area contributed by atoms with Gasteiger partial charge in [0.1, 0.15) is 16.4 Å². The minimum Gasteiger partial charge on any atom is -0.480 e. The number of rotatable bonds is 8. The van der Waals surface area contributed by atoms with Crippen LogP contribution in [0.1, 0.15) is 16.7 Å². The van der Waals surface area contributed by atoms with Crippen molar-refractivity contribution in [3.63, 3.8) is 0 Å². The molecule has 2 rings (SSSR count). The molecule has 2 aromatic rings. The molecule has 0 amide bonds. The Bertz CT molecular complexity index is 900. The highest BCUT2D eigenvalue weighted by atomic mass is 32.1. The van der Waals surface area contributed by atoms with E-state index in [1.807, 2.05) is 0 Å². The lowest BCUT2D eigenvalue weighted by Gasteiger charge is -2.04. The number of carbonyl (C=O) groups is 2.